The molecule has 0 aromatic heterocycles. The van der Waals surface area contributed by atoms with Gasteiger partial charge in [-0.2, -0.15) is 0 Å². The molecule has 0 unspecified atom stereocenters. The molecule has 5 nitrogen and oxygen atoms in total. The van der Waals surface area contributed by atoms with Crippen LogP contribution in [-0.2, 0) is 9.53 Å². The molecule has 2 rings (SSSR count). The van der Waals surface area contributed by atoms with Crippen LogP contribution in [0.4, 0.5) is 5.69 Å². The molecule has 0 radical (unpaired) electrons. The number of nitrogens with one attached hydrogen (secondary N) is 1. The molecule has 2 aromatic carbocycles. The summed E-state index contributed by atoms with van der Waals surface area (Å²) in [5, 5.41) is 3.04. The van der Waals surface area contributed by atoms with Crippen molar-refractivity contribution in [3.63, 3.8) is 0 Å². The van der Waals surface area contributed by atoms with E-state index in [9.17, 15) is 9.59 Å². The van der Waals surface area contributed by atoms with E-state index in [1.54, 1.807) is 42.5 Å². The first-order chi connectivity index (χ1) is 10.6. The molecular weight excluding hydrogens is 306 g/mol. The standard InChI is InChI=1S/C16H14ClNO4/c1-21-14-7-3-6-13(9-14)18-15(19)10-22-16(20)11-4-2-5-12(17)8-11/h2-9H,10H2,1H3,(H,18,19). The zero-order chi connectivity index (χ0) is 15.9. The first-order valence-electron chi connectivity index (χ1n) is 6.45. The Balaban J connectivity index is 1.88. The van der Waals surface area contributed by atoms with Gasteiger partial charge in [-0.3, -0.25) is 4.79 Å². The number of carbonyl (C=O) groups is 2. The molecule has 0 aliphatic heterocycles. The molecular formula is C16H14ClNO4. The fourth-order valence-corrected chi connectivity index (χ4v) is 1.92. The molecule has 0 heterocycles. The molecule has 1 N–H and O–H groups in total. The van der Waals surface area contributed by atoms with E-state index in [1.165, 1.54) is 13.2 Å². The third kappa shape index (κ3) is 4.49. The van der Waals surface area contributed by atoms with E-state index in [0.717, 1.165) is 0 Å². The third-order valence-corrected chi connectivity index (χ3v) is 2.98. The zero-order valence-corrected chi connectivity index (χ0v) is 12.6. The summed E-state index contributed by atoms with van der Waals surface area (Å²) in [7, 11) is 1.54. The van der Waals surface area contributed by atoms with E-state index in [4.69, 9.17) is 21.1 Å². The minimum absolute atomic E-state index is 0.293. The van der Waals surface area contributed by atoms with Crippen molar-refractivity contribution in [2.45, 2.75) is 0 Å². The number of rotatable bonds is 5. The van der Waals surface area contributed by atoms with Crippen molar-refractivity contribution < 1.29 is 19.1 Å². The highest BCUT2D eigenvalue weighted by atomic mass is 35.5. The smallest absolute Gasteiger partial charge is 0.338 e. The third-order valence-electron chi connectivity index (χ3n) is 2.75. The average Bonchev–Trinajstić information content (AvgIpc) is 2.52. The van der Waals surface area contributed by atoms with E-state index >= 15 is 0 Å². The van der Waals surface area contributed by atoms with Gasteiger partial charge in [-0.05, 0) is 30.3 Å². The van der Waals surface area contributed by atoms with Crippen LogP contribution < -0.4 is 10.1 Å². The highest BCUT2D eigenvalue weighted by Gasteiger charge is 2.11. The average molecular weight is 320 g/mol. The largest absolute Gasteiger partial charge is 0.497 e. The van der Waals surface area contributed by atoms with Crippen LogP contribution in [0.5, 0.6) is 5.75 Å². The summed E-state index contributed by atoms with van der Waals surface area (Å²) < 4.78 is 9.99. The highest BCUT2D eigenvalue weighted by Crippen LogP contribution is 2.16. The van der Waals surface area contributed by atoms with Crippen LogP contribution in [0.15, 0.2) is 48.5 Å². The van der Waals surface area contributed by atoms with E-state index in [-0.39, 0.29) is 6.61 Å². The fourth-order valence-electron chi connectivity index (χ4n) is 1.73. The van der Waals surface area contributed by atoms with Gasteiger partial charge in [0.05, 0.1) is 12.7 Å². The number of hydrogen-bond acceptors (Lipinski definition) is 4. The lowest BCUT2D eigenvalue weighted by molar-refractivity contribution is -0.119. The Hall–Kier alpha value is -2.53. The Kier molecular flexibility index (Phi) is 5.38. The number of benzene rings is 2. The number of halogens is 1. The second-order valence-electron chi connectivity index (χ2n) is 4.37. The Morgan fingerprint density at radius 3 is 2.64 bits per heavy atom. The maximum atomic E-state index is 11.8. The number of methoxy groups -OCH3 is 1. The van der Waals surface area contributed by atoms with Crippen molar-refractivity contribution in [3.8, 4) is 5.75 Å². The van der Waals surface area contributed by atoms with Crippen molar-refractivity contribution in [1.29, 1.82) is 0 Å². The summed E-state index contributed by atoms with van der Waals surface area (Å²) in [6.07, 6.45) is 0. The molecule has 0 spiro atoms. The van der Waals surface area contributed by atoms with Gasteiger partial charge in [0.15, 0.2) is 6.61 Å². The summed E-state index contributed by atoms with van der Waals surface area (Å²) in [4.78, 5) is 23.5. The number of esters is 1. The van der Waals surface area contributed by atoms with Crippen LogP contribution in [0, 0.1) is 0 Å². The zero-order valence-electron chi connectivity index (χ0n) is 11.8. The quantitative estimate of drug-likeness (QED) is 0.860. The van der Waals surface area contributed by atoms with Crippen LogP contribution in [0.1, 0.15) is 10.4 Å². The Bertz CT molecular complexity index is 687. The van der Waals surface area contributed by atoms with E-state index in [1.807, 2.05) is 0 Å². The van der Waals surface area contributed by atoms with Gasteiger partial charge in [0.1, 0.15) is 5.75 Å². The van der Waals surface area contributed by atoms with Crippen molar-refractivity contribution in [1.82, 2.24) is 0 Å². The summed E-state index contributed by atoms with van der Waals surface area (Å²) in [6.45, 7) is -0.386. The SMILES string of the molecule is COc1cccc(NC(=O)COC(=O)c2cccc(Cl)c2)c1. The van der Waals surface area contributed by atoms with E-state index in [2.05, 4.69) is 5.32 Å². The molecule has 114 valence electrons. The maximum Gasteiger partial charge on any atom is 0.338 e. The van der Waals surface area contributed by atoms with Crippen LogP contribution in [-0.4, -0.2) is 25.6 Å². The molecule has 22 heavy (non-hydrogen) atoms. The van der Waals surface area contributed by atoms with E-state index < -0.39 is 11.9 Å². The van der Waals surface area contributed by atoms with Gasteiger partial charge in [0.25, 0.3) is 5.91 Å². The highest BCUT2D eigenvalue weighted by molar-refractivity contribution is 6.30. The first kappa shape index (κ1) is 15.9. The van der Waals surface area contributed by atoms with E-state index in [0.29, 0.717) is 22.0 Å². The Morgan fingerprint density at radius 2 is 1.91 bits per heavy atom. The number of anilines is 1. The molecule has 0 bridgehead atoms. The second-order valence-corrected chi connectivity index (χ2v) is 4.80. The predicted molar refractivity (Wildman–Crippen MR) is 83.4 cm³/mol. The molecule has 0 saturated heterocycles. The number of carbonyl (C=O) groups excluding carboxylic acids is 2. The normalized spacial score (nSPS) is 9.91. The molecule has 6 heteroatoms. The van der Waals surface area contributed by atoms with Gasteiger partial charge in [0, 0.05) is 16.8 Å². The summed E-state index contributed by atoms with van der Waals surface area (Å²) in [5.74, 6) is -0.430. The minimum Gasteiger partial charge on any atom is -0.497 e. The van der Waals surface area contributed by atoms with Crippen molar-refractivity contribution in [2.75, 3.05) is 19.0 Å². The Labute approximate surface area is 132 Å². The van der Waals surface area contributed by atoms with Crippen molar-refractivity contribution >= 4 is 29.2 Å². The molecule has 0 aliphatic carbocycles. The topological polar surface area (TPSA) is 64.6 Å². The Morgan fingerprint density at radius 1 is 1.14 bits per heavy atom. The molecule has 0 saturated carbocycles. The summed E-state index contributed by atoms with van der Waals surface area (Å²) in [5.41, 5.74) is 0.852. The van der Waals surface area contributed by atoms with Crippen LogP contribution in [0.3, 0.4) is 0 Å². The molecule has 0 fully saturated rings. The van der Waals surface area contributed by atoms with Gasteiger partial charge in [-0.25, -0.2) is 4.79 Å². The van der Waals surface area contributed by atoms with Gasteiger partial charge >= 0.3 is 5.97 Å². The summed E-state index contributed by atoms with van der Waals surface area (Å²) in [6, 6.07) is 13.2. The first-order valence-corrected chi connectivity index (χ1v) is 6.83. The molecule has 0 aliphatic rings. The number of hydrogen-bond donors (Lipinski definition) is 1. The summed E-state index contributed by atoms with van der Waals surface area (Å²) >= 11 is 5.79. The van der Waals surface area contributed by atoms with Crippen LogP contribution >= 0.6 is 11.6 Å². The van der Waals surface area contributed by atoms with Crippen molar-refractivity contribution in [3.05, 3.63) is 59.1 Å². The number of ether oxygens (including phenoxy) is 2. The second kappa shape index (κ2) is 7.47. The van der Waals surface area contributed by atoms with Gasteiger partial charge in [-0.1, -0.05) is 23.7 Å². The van der Waals surface area contributed by atoms with Crippen LogP contribution in [0.25, 0.3) is 0 Å². The molecule has 1 amide bonds. The minimum atomic E-state index is -0.608. The lowest BCUT2D eigenvalue weighted by atomic mass is 10.2. The molecule has 0 atom stereocenters. The number of amides is 1. The fraction of sp³-hybridized carbons (Fsp3) is 0.125. The lowest BCUT2D eigenvalue weighted by Crippen LogP contribution is -2.20. The van der Waals surface area contributed by atoms with Gasteiger partial charge in [-0.15, -0.1) is 0 Å². The maximum absolute atomic E-state index is 11.8. The van der Waals surface area contributed by atoms with Gasteiger partial charge in [0.2, 0.25) is 0 Å². The van der Waals surface area contributed by atoms with Crippen molar-refractivity contribution in [2.24, 2.45) is 0 Å². The predicted octanol–water partition coefficient (Wildman–Crippen LogP) is 3.14. The monoisotopic (exact) mass is 319 g/mol. The van der Waals surface area contributed by atoms with Gasteiger partial charge < -0.3 is 14.8 Å². The molecule has 2 aromatic rings. The lowest BCUT2D eigenvalue weighted by Gasteiger charge is -2.08. The van der Waals surface area contributed by atoms with Crippen LogP contribution in [0.2, 0.25) is 5.02 Å².